The molecule has 2 nitrogen and oxygen atoms in total. The first-order chi connectivity index (χ1) is 8.09. The summed E-state index contributed by atoms with van der Waals surface area (Å²) in [5.41, 5.74) is 7.85. The zero-order chi connectivity index (χ0) is 12.4. The molecule has 2 aromatic carbocycles. The van der Waals surface area contributed by atoms with Crippen molar-refractivity contribution < 1.29 is 0 Å². The molecule has 0 bridgehead atoms. The lowest BCUT2D eigenvalue weighted by molar-refractivity contribution is 1.42. The lowest BCUT2D eigenvalue weighted by Gasteiger charge is -2.07. The van der Waals surface area contributed by atoms with Gasteiger partial charge in [0.15, 0.2) is 0 Å². The summed E-state index contributed by atoms with van der Waals surface area (Å²) in [6.07, 6.45) is 0. The molecule has 2 aromatic rings. The zero-order valence-corrected chi connectivity index (χ0v) is 10.4. The average Bonchev–Trinajstić information content (AvgIpc) is 2.33. The molecular formula is C13H10Cl2N2. The van der Waals surface area contributed by atoms with Crippen LogP contribution < -0.4 is 5.73 Å². The van der Waals surface area contributed by atoms with Crippen LogP contribution in [0.1, 0.15) is 5.56 Å². The van der Waals surface area contributed by atoms with Gasteiger partial charge in [0.05, 0.1) is 10.0 Å². The summed E-state index contributed by atoms with van der Waals surface area (Å²) in [5.74, 6) is 0.0324. The van der Waals surface area contributed by atoms with Crippen LogP contribution >= 0.6 is 23.2 Å². The van der Waals surface area contributed by atoms with E-state index in [0.29, 0.717) is 15.6 Å². The normalized spacial score (nSPS) is 10.2. The van der Waals surface area contributed by atoms with E-state index in [4.69, 9.17) is 34.3 Å². The van der Waals surface area contributed by atoms with Crippen molar-refractivity contribution in [3.8, 4) is 11.1 Å². The van der Waals surface area contributed by atoms with Gasteiger partial charge in [-0.2, -0.15) is 0 Å². The number of nitrogens with two attached hydrogens (primary N) is 1. The summed E-state index contributed by atoms with van der Waals surface area (Å²) in [6, 6.07) is 12.8. The minimum atomic E-state index is 0.0324. The summed E-state index contributed by atoms with van der Waals surface area (Å²) >= 11 is 12.1. The Kier molecular flexibility index (Phi) is 3.36. The number of hydrogen-bond acceptors (Lipinski definition) is 1. The molecule has 0 saturated heterocycles. The van der Waals surface area contributed by atoms with E-state index in [1.165, 1.54) is 0 Å². The highest BCUT2D eigenvalue weighted by Crippen LogP contribution is 2.33. The van der Waals surface area contributed by atoms with Gasteiger partial charge < -0.3 is 5.73 Å². The van der Waals surface area contributed by atoms with Crippen LogP contribution in [0.2, 0.25) is 10.0 Å². The van der Waals surface area contributed by atoms with Gasteiger partial charge >= 0.3 is 0 Å². The lowest BCUT2D eigenvalue weighted by Crippen LogP contribution is -2.10. The van der Waals surface area contributed by atoms with Crippen molar-refractivity contribution in [1.29, 1.82) is 5.41 Å². The highest BCUT2D eigenvalue weighted by Gasteiger charge is 2.07. The van der Waals surface area contributed by atoms with Gasteiger partial charge in [0.2, 0.25) is 0 Å². The number of amidine groups is 1. The minimum Gasteiger partial charge on any atom is -0.384 e. The van der Waals surface area contributed by atoms with Crippen LogP contribution in [-0.2, 0) is 0 Å². The predicted molar refractivity (Wildman–Crippen MR) is 72.9 cm³/mol. The van der Waals surface area contributed by atoms with Gasteiger partial charge in [-0.25, -0.2) is 0 Å². The summed E-state index contributed by atoms with van der Waals surface area (Å²) in [4.78, 5) is 0. The SMILES string of the molecule is N=C(N)c1cccc(-c2cccc(Cl)c2Cl)c1. The third kappa shape index (κ3) is 2.43. The van der Waals surface area contributed by atoms with Crippen molar-refractivity contribution in [1.82, 2.24) is 0 Å². The molecule has 0 aliphatic carbocycles. The maximum atomic E-state index is 7.41. The molecule has 0 heterocycles. The molecule has 3 N–H and O–H groups in total. The predicted octanol–water partition coefficient (Wildman–Crippen LogP) is 3.94. The molecule has 0 aliphatic rings. The van der Waals surface area contributed by atoms with E-state index in [0.717, 1.165) is 11.1 Å². The highest BCUT2D eigenvalue weighted by molar-refractivity contribution is 6.43. The van der Waals surface area contributed by atoms with Gasteiger partial charge in [-0.3, -0.25) is 5.41 Å². The molecule has 17 heavy (non-hydrogen) atoms. The van der Waals surface area contributed by atoms with Crippen molar-refractivity contribution >= 4 is 29.0 Å². The Morgan fingerprint density at radius 3 is 2.47 bits per heavy atom. The summed E-state index contributed by atoms with van der Waals surface area (Å²) in [7, 11) is 0. The van der Waals surface area contributed by atoms with Crippen molar-refractivity contribution in [2.45, 2.75) is 0 Å². The lowest BCUT2D eigenvalue weighted by atomic mass is 10.0. The Morgan fingerprint density at radius 1 is 1.06 bits per heavy atom. The van der Waals surface area contributed by atoms with E-state index in [2.05, 4.69) is 0 Å². The van der Waals surface area contributed by atoms with E-state index in [1.807, 2.05) is 30.3 Å². The Morgan fingerprint density at radius 2 is 1.76 bits per heavy atom. The number of benzene rings is 2. The first kappa shape index (κ1) is 12.0. The molecular weight excluding hydrogens is 255 g/mol. The van der Waals surface area contributed by atoms with E-state index in [-0.39, 0.29) is 5.84 Å². The molecule has 4 heteroatoms. The second-order valence-electron chi connectivity index (χ2n) is 3.60. The quantitative estimate of drug-likeness (QED) is 0.627. The third-order valence-corrected chi connectivity index (χ3v) is 3.26. The molecule has 0 fully saturated rings. The molecule has 0 aliphatic heterocycles. The summed E-state index contributed by atoms with van der Waals surface area (Å²) in [5, 5.41) is 8.43. The fraction of sp³-hybridized carbons (Fsp3) is 0. The third-order valence-electron chi connectivity index (χ3n) is 2.44. The first-order valence-corrected chi connectivity index (χ1v) is 5.74. The van der Waals surface area contributed by atoms with Gasteiger partial charge in [-0.1, -0.05) is 53.5 Å². The smallest absolute Gasteiger partial charge is 0.122 e. The zero-order valence-electron chi connectivity index (χ0n) is 8.87. The van der Waals surface area contributed by atoms with Crippen molar-refractivity contribution in [3.05, 3.63) is 58.1 Å². The number of rotatable bonds is 2. The van der Waals surface area contributed by atoms with Crippen LogP contribution in [0.4, 0.5) is 0 Å². The average molecular weight is 265 g/mol. The fourth-order valence-corrected chi connectivity index (χ4v) is 1.99. The number of halogens is 2. The van der Waals surface area contributed by atoms with Crippen LogP contribution in [-0.4, -0.2) is 5.84 Å². The fourth-order valence-electron chi connectivity index (χ4n) is 1.58. The van der Waals surface area contributed by atoms with E-state index in [9.17, 15) is 0 Å². The van der Waals surface area contributed by atoms with E-state index >= 15 is 0 Å². The summed E-state index contributed by atoms with van der Waals surface area (Å²) in [6.45, 7) is 0. The van der Waals surface area contributed by atoms with Crippen LogP contribution in [0.5, 0.6) is 0 Å². The molecule has 0 aromatic heterocycles. The molecule has 0 unspecified atom stereocenters. The van der Waals surface area contributed by atoms with Gasteiger partial charge in [0.25, 0.3) is 0 Å². The van der Waals surface area contributed by atoms with Crippen LogP contribution in [0.25, 0.3) is 11.1 Å². The second-order valence-corrected chi connectivity index (χ2v) is 4.38. The number of hydrogen-bond donors (Lipinski definition) is 2. The minimum absolute atomic E-state index is 0.0324. The Balaban J connectivity index is 2.57. The standard InChI is InChI=1S/C13H10Cl2N2/c14-11-6-2-5-10(12(11)15)8-3-1-4-9(7-8)13(16)17/h1-7H,(H3,16,17). The van der Waals surface area contributed by atoms with Crippen molar-refractivity contribution in [2.75, 3.05) is 0 Å². The van der Waals surface area contributed by atoms with E-state index < -0.39 is 0 Å². The van der Waals surface area contributed by atoms with Crippen molar-refractivity contribution in [3.63, 3.8) is 0 Å². The van der Waals surface area contributed by atoms with Crippen LogP contribution in [0.3, 0.4) is 0 Å². The molecule has 86 valence electrons. The molecule has 0 atom stereocenters. The van der Waals surface area contributed by atoms with Gasteiger partial charge in [-0.05, 0) is 17.7 Å². The molecule has 0 amide bonds. The van der Waals surface area contributed by atoms with Gasteiger partial charge in [0, 0.05) is 11.1 Å². The topological polar surface area (TPSA) is 49.9 Å². The maximum Gasteiger partial charge on any atom is 0.122 e. The largest absolute Gasteiger partial charge is 0.384 e. The molecule has 2 rings (SSSR count). The van der Waals surface area contributed by atoms with Gasteiger partial charge in [0.1, 0.15) is 5.84 Å². The van der Waals surface area contributed by atoms with Gasteiger partial charge in [-0.15, -0.1) is 0 Å². The van der Waals surface area contributed by atoms with Crippen molar-refractivity contribution in [2.24, 2.45) is 5.73 Å². The molecule has 0 saturated carbocycles. The Hall–Kier alpha value is -1.51. The monoisotopic (exact) mass is 264 g/mol. The second kappa shape index (κ2) is 4.78. The highest BCUT2D eigenvalue weighted by atomic mass is 35.5. The number of nitrogen functional groups attached to an aromatic ring is 1. The van der Waals surface area contributed by atoms with Crippen LogP contribution in [0, 0.1) is 5.41 Å². The Labute approximate surface area is 109 Å². The molecule has 0 radical (unpaired) electrons. The maximum absolute atomic E-state index is 7.41. The van der Waals surface area contributed by atoms with E-state index in [1.54, 1.807) is 12.1 Å². The molecule has 0 spiro atoms. The Bertz CT molecular complexity index is 579. The first-order valence-electron chi connectivity index (χ1n) is 4.98. The number of nitrogens with one attached hydrogen (secondary N) is 1. The van der Waals surface area contributed by atoms with Crippen LogP contribution in [0.15, 0.2) is 42.5 Å². The summed E-state index contributed by atoms with van der Waals surface area (Å²) < 4.78 is 0.